The highest BCUT2D eigenvalue weighted by atomic mass is 32.1. The predicted molar refractivity (Wildman–Crippen MR) is 71.7 cm³/mol. The molecule has 18 heavy (non-hydrogen) atoms. The van der Waals surface area contributed by atoms with Crippen LogP contribution in [0.3, 0.4) is 0 Å². The minimum Gasteiger partial charge on any atom is -0.334 e. The molecule has 0 fully saturated rings. The van der Waals surface area contributed by atoms with Gasteiger partial charge < -0.3 is 5.32 Å². The lowest BCUT2D eigenvalue weighted by atomic mass is 10.1. The van der Waals surface area contributed by atoms with Gasteiger partial charge in [0, 0.05) is 6.54 Å². The number of benzene rings is 1. The molecule has 2 amide bonds. The number of amides is 2. The van der Waals surface area contributed by atoms with E-state index in [0.717, 1.165) is 11.1 Å². The highest BCUT2D eigenvalue weighted by molar-refractivity contribution is 7.13. The number of carbonyl (C=O) groups excluding carboxylic acids is 1. The van der Waals surface area contributed by atoms with Crippen LogP contribution in [0.15, 0.2) is 23.7 Å². The third kappa shape index (κ3) is 3.27. The predicted octanol–water partition coefficient (Wildman–Crippen LogP) is 2.48. The molecule has 0 atom stereocenters. The van der Waals surface area contributed by atoms with Crippen LogP contribution in [0.25, 0.3) is 0 Å². The van der Waals surface area contributed by atoms with Gasteiger partial charge in [0.05, 0.1) is 0 Å². The number of aryl methyl sites for hydroxylation is 2. The molecule has 2 aromatic rings. The molecule has 0 unspecified atom stereocenters. The largest absolute Gasteiger partial charge is 0.334 e. The van der Waals surface area contributed by atoms with Crippen LogP contribution in [0.2, 0.25) is 0 Å². The van der Waals surface area contributed by atoms with E-state index in [2.05, 4.69) is 39.0 Å². The molecule has 0 saturated heterocycles. The summed E-state index contributed by atoms with van der Waals surface area (Å²) in [5.41, 5.74) is 5.03. The Balaban J connectivity index is 1.91. The smallest absolute Gasteiger partial charge is 0.321 e. The minimum absolute atomic E-state index is 0.271. The molecule has 0 radical (unpaired) electrons. The summed E-state index contributed by atoms with van der Waals surface area (Å²) in [5.74, 6) is 0. The van der Waals surface area contributed by atoms with Gasteiger partial charge in [-0.15, -0.1) is 10.2 Å². The average Bonchev–Trinajstić information content (AvgIpc) is 2.83. The molecular formula is C12H14N4OS. The van der Waals surface area contributed by atoms with Crippen LogP contribution in [0.1, 0.15) is 16.7 Å². The Morgan fingerprint density at radius 1 is 1.39 bits per heavy atom. The lowest BCUT2D eigenvalue weighted by Gasteiger charge is -2.08. The van der Waals surface area contributed by atoms with Crippen LogP contribution in [0.5, 0.6) is 0 Å². The molecule has 2 rings (SSSR count). The van der Waals surface area contributed by atoms with E-state index in [9.17, 15) is 4.79 Å². The topological polar surface area (TPSA) is 66.9 Å². The fraction of sp³-hybridized carbons (Fsp3) is 0.250. The Labute approximate surface area is 109 Å². The van der Waals surface area contributed by atoms with Crippen molar-refractivity contribution in [2.45, 2.75) is 20.4 Å². The molecule has 94 valence electrons. The van der Waals surface area contributed by atoms with Gasteiger partial charge in [-0.1, -0.05) is 35.1 Å². The van der Waals surface area contributed by atoms with Crippen molar-refractivity contribution in [3.05, 3.63) is 40.4 Å². The molecule has 0 spiro atoms. The third-order valence-corrected chi connectivity index (χ3v) is 3.13. The van der Waals surface area contributed by atoms with Gasteiger partial charge in [0.25, 0.3) is 0 Å². The minimum atomic E-state index is -0.271. The van der Waals surface area contributed by atoms with Crippen LogP contribution >= 0.6 is 11.3 Å². The monoisotopic (exact) mass is 262 g/mol. The van der Waals surface area contributed by atoms with E-state index in [0.29, 0.717) is 11.7 Å². The number of nitrogens with one attached hydrogen (secondary N) is 2. The van der Waals surface area contributed by atoms with E-state index in [-0.39, 0.29) is 6.03 Å². The number of anilines is 1. The average molecular weight is 262 g/mol. The zero-order chi connectivity index (χ0) is 13.0. The van der Waals surface area contributed by atoms with Crippen LogP contribution in [0.4, 0.5) is 9.93 Å². The van der Waals surface area contributed by atoms with Gasteiger partial charge in [-0.2, -0.15) is 0 Å². The lowest BCUT2D eigenvalue weighted by molar-refractivity contribution is 0.251. The summed E-state index contributed by atoms with van der Waals surface area (Å²) >= 11 is 1.28. The number of nitrogens with zero attached hydrogens (tertiary/aromatic N) is 2. The highest BCUT2D eigenvalue weighted by Crippen LogP contribution is 2.11. The van der Waals surface area contributed by atoms with E-state index in [4.69, 9.17) is 0 Å². The van der Waals surface area contributed by atoms with E-state index in [1.807, 2.05) is 13.8 Å². The third-order valence-electron chi connectivity index (χ3n) is 2.52. The molecule has 5 nitrogen and oxygen atoms in total. The van der Waals surface area contributed by atoms with Crippen molar-refractivity contribution in [2.24, 2.45) is 0 Å². The van der Waals surface area contributed by atoms with Gasteiger partial charge in [-0.05, 0) is 25.0 Å². The lowest BCUT2D eigenvalue weighted by Crippen LogP contribution is -2.28. The molecule has 1 aromatic heterocycles. The Morgan fingerprint density at radius 3 is 2.94 bits per heavy atom. The van der Waals surface area contributed by atoms with Crippen LogP contribution in [-0.2, 0) is 6.54 Å². The van der Waals surface area contributed by atoms with Crippen molar-refractivity contribution in [3.63, 3.8) is 0 Å². The SMILES string of the molecule is Cc1ccc(C)c(CNC(=O)Nc2nncs2)c1. The van der Waals surface area contributed by atoms with E-state index in [1.54, 1.807) is 5.51 Å². The Bertz CT molecular complexity index is 539. The Hall–Kier alpha value is -1.95. The molecule has 0 bridgehead atoms. The summed E-state index contributed by atoms with van der Waals surface area (Å²) in [6.45, 7) is 4.56. The number of hydrogen-bond donors (Lipinski definition) is 2. The van der Waals surface area contributed by atoms with Crippen molar-refractivity contribution < 1.29 is 4.79 Å². The quantitative estimate of drug-likeness (QED) is 0.893. The molecule has 2 N–H and O–H groups in total. The summed E-state index contributed by atoms with van der Waals surface area (Å²) < 4.78 is 0. The second-order valence-electron chi connectivity index (χ2n) is 3.98. The first kappa shape index (κ1) is 12.5. The number of rotatable bonds is 3. The number of aromatic nitrogens is 2. The van der Waals surface area contributed by atoms with Gasteiger partial charge >= 0.3 is 6.03 Å². The van der Waals surface area contributed by atoms with Crippen molar-refractivity contribution in [3.8, 4) is 0 Å². The van der Waals surface area contributed by atoms with Crippen molar-refractivity contribution in [1.29, 1.82) is 0 Å². The summed E-state index contributed by atoms with van der Waals surface area (Å²) in [6.07, 6.45) is 0. The maximum atomic E-state index is 11.6. The fourth-order valence-corrected chi connectivity index (χ4v) is 1.98. The first-order valence-electron chi connectivity index (χ1n) is 5.52. The first-order valence-corrected chi connectivity index (χ1v) is 6.40. The molecule has 1 heterocycles. The molecule has 0 aliphatic heterocycles. The summed E-state index contributed by atoms with van der Waals surface area (Å²) in [7, 11) is 0. The van der Waals surface area contributed by atoms with Crippen molar-refractivity contribution >= 4 is 22.5 Å². The second kappa shape index (κ2) is 5.59. The molecule has 6 heteroatoms. The van der Waals surface area contributed by atoms with Gasteiger partial charge in [0.1, 0.15) is 5.51 Å². The molecule has 0 aliphatic carbocycles. The normalized spacial score (nSPS) is 10.1. The summed E-state index contributed by atoms with van der Waals surface area (Å²) in [5, 5.41) is 13.3. The van der Waals surface area contributed by atoms with Gasteiger partial charge in [0.15, 0.2) is 0 Å². The molecule has 1 aromatic carbocycles. The zero-order valence-corrected chi connectivity index (χ0v) is 11.0. The fourth-order valence-electron chi connectivity index (χ4n) is 1.54. The van der Waals surface area contributed by atoms with E-state index >= 15 is 0 Å². The standard InChI is InChI=1S/C12H14N4OS/c1-8-3-4-9(2)10(5-8)6-13-11(17)15-12-16-14-7-18-12/h3-5,7H,6H2,1-2H3,(H2,13,15,16,17). The summed E-state index contributed by atoms with van der Waals surface area (Å²) in [6, 6.07) is 5.91. The van der Waals surface area contributed by atoms with Crippen LogP contribution < -0.4 is 10.6 Å². The number of hydrogen-bond acceptors (Lipinski definition) is 4. The number of urea groups is 1. The molecule has 0 aliphatic rings. The first-order chi connectivity index (χ1) is 8.65. The zero-order valence-electron chi connectivity index (χ0n) is 10.2. The van der Waals surface area contributed by atoms with Gasteiger partial charge in [-0.3, -0.25) is 5.32 Å². The Morgan fingerprint density at radius 2 is 2.22 bits per heavy atom. The van der Waals surface area contributed by atoms with Crippen LogP contribution in [0, 0.1) is 13.8 Å². The van der Waals surface area contributed by atoms with Gasteiger partial charge in [-0.25, -0.2) is 4.79 Å². The number of carbonyl (C=O) groups is 1. The van der Waals surface area contributed by atoms with Gasteiger partial charge in [0.2, 0.25) is 5.13 Å². The van der Waals surface area contributed by atoms with Crippen LogP contribution in [-0.4, -0.2) is 16.2 Å². The van der Waals surface area contributed by atoms with Crippen molar-refractivity contribution in [2.75, 3.05) is 5.32 Å². The van der Waals surface area contributed by atoms with E-state index in [1.165, 1.54) is 16.9 Å². The van der Waals surface area contributed by atoms with E-state index < -0.39 is 0 Å². The maximum absolute atomic E-state index is 11.6. The molecule has 0 saturated carbocycles. The van der Waals surface area contributed by atoms with Crippen molar-refractivity contribution in [1.82, 2.24) is 15.5 Å². The second-order valence-corrected chi connectivity index (χ2v) is 4.81. The molecular weight excluding hydrogens is 248 g/mol. The highest BCUT2D eigenvalue weighted by Gasteiger charge is 2.05. The Kier molecular flexibility index (Phi) is 3.88. The summed E-state index contributed by atoms with van der Waals surface area (Å²) in [4.78, 5) is 11.6. The maximum Gasteiger partial charge on any atom is 0.321 e.